The molecule has 0 aliphatic heterocycles. The van der Waals surface area contributed by atoms with Crippen molar-refractivity contribution < 1.29 is 5.11 Å². The summed E-state index contributed by atoms with van der Waals surface area (Å²) in [6, 6.07) is 10.1. The Balaban J connectivity index is 2.12. The van der Waals surface area contributed by atoms with Crippen molar-refractivity contribution in [3.8, 4) is 11.1 Å². The van der Waals surface area contributed by atoms with Crippen LogP contribution in [0.4, 0.5) is 10.8 Å². The number of benzene rings is 1. The summed E-state index contributed by atoms with van der Waals surface area (Å²) >= 11 is 1.40. The molecule has 2 aromatic rings. The summed E-state index contributed by atoms with van der Waals surface area (Å²) in [7, 11) is 0. The average Bonchev–Trinajstić information content (AvgIpc) is 2.85. The maximum atomic E-state index is 8.97. The SMILES string of the molecule is CC(C)(CCCO)CNc1snc(N)c1-c1ccccc1. The van der Waals surface area contributed by atoms with E-state index in [-0.39, 0.29) is 12.0 Å². The first-order valence-corrected chi connectivity index (χ1v) is 7.96. The second-order valence-corrected chi connectivity index (χ2v) is 6.76. The van der Waals surface area contributed by atoms with E-state index < -0.39 is 0 Å². The lowest BCUT2D eigenvalue weighted by atomic mass is 9.88. The van der Waals surface area contributed by atoms with E-state index in [1.807, 2.05) is 30.3 Å². The zero-order chi connectivity index (χ0) is 15.3. The Hall–Kier alpha value is -1.59. The fourth-order valence-corrected chi connectivity index (χ4v) is 3.00. The molecule has 0 saturated heterocycles. The predicted molar refractivity (Wildman–Crippen MR) is 90.6 cm³/mol. The highest BCUT2D eigenvalue weighted by Gasteiger charge is 2.19. The fourth-order valence-electron chi connectivity index (χ4n) is 2.27. The molecule has 0 aliphatic rings. The van der Waals surface area contributed by atoms with Crippen LogP contribution in [0.1, 0.15) is 26.7 Å². The van der Waals surface area contributed by atoms with Crippen molar-refractivity contribution >= 4 is 22.4 Å². The average molecular weight is 305 g/mol. The molecule has 0 atom stereocenters. The molecule has 1 heterocycles. The quantitative estimate of drug-likeness (QED) is 0.731. The van der Waals surface area contributed by atoms with E-state index >= 15 is 0 Å². The Labute approximate surface area is 130 Å². The molecule has 0 saturated carbocycles. The molecule has 4 nitrogen and oxygen atoms in total. The highest BCUT2D eigenvalue weighted by atomic mass is 32.1. The van der Waals surface area contributed by atoms with Crippen LogP contribution >= 0.6 is 11.5 Å². The first-order chi connectivity index (χ1) is 10.0. The standard InChI is InChI=1S/C16H23N3OS/c1-16(2,9-6-10-20)11-18-15-13(14(17)19-21-15)12-7-4-3-5-8-12/h3-5,7-8,18,20H,6,9-11H2,1-2H3,(H2,17,19). The van der Waals surface area contributed by atoms with Crippen molar-refractivity contribution in [2.75, 3.05) is 24.2 Å². The van der Waals surface area contributed by atoms with Gasteiger partial charge in [-0.05, 0) is 35.4 Å². The van der Waals surface area contributed by atoms with Gasteiger partial charge in [-0.1, -0.05) is 44.2 Å². The minimum atomic E-state index is 0.120. The van der Waals surface area contributed by atoms with Crippen LogP contribution in [-0.4, -0.2) is 22.6 Å². The number of hydrogen-bond donors (Lipinski definition) is 3. The van der Waals surface area contributed by atoms with Gasteiger partial charge in [-0.15, -0.1) is 0 Å². The first kappa shape index (κ1) is 15.8. The summed E-state index contributed by atoms with van der Waals surface area (Å²) in [6.45, 7) is 5.46. The molecule has 0 radical (unpaired) electrons. The second kappa shape index (κ2) is 6.91. The molecule has 0 fully saturated rings. The lowest BCUT2D eigenvalue weighted by Crippen LogP contribution is -2.23. The molecule has 21 heavy (non-hydrogen) atoms. The molecule has 0 amide bonds. The molecule has 0 spiro atoms. The molecule has 0 aliphatic carbocycles. The van der Waals surface area contributed by atoms with Gasteiger partial charge < -0.3 is 16.2 Å². The lowest BCUT2D eigenvalue weighted by Gasteiger charge is -2.25. The fraction of sp³-hybridized carbons (Fsp3) is 0.438. The number of anilines is 2. The van der Waals surface area contributed by atoms with Crippen LogP contribution in [0.2, 0.25) is 0 Å². The second-order valence-electron chi connectivity index (χ2n) is 5.98. The van der Waals surface area contributed by atoms with Gasteiger partial charge in [0.05, 0.1) is 5.56 Å². The maximum absolute atomic E-state index is 8.97. The van der Waals surface area contributed by atoms with Crippen LogP contribution < -0.4 is 11.1 Å². The molecule has 1 aromatic heterocycles. The van der Waals surface area contributed by atoms with Gasteiger partial charge >= 0.3 is 0 Å². The number of nitrogens with zero attached hydrogens (tertiary/aromatic N) is 1. The molecule has 4 N–H and O–H groups in total. The summed E-state index contributed by atoms with van der Waals surface area (Å²) in [4.78, 5) is 0. The zero-order valence-corrected chi connectivity index (χ0v) is 13.4. The van der Waals surface area contributed by atoms with Crippen LogP contribution in [0, 0.1) is 5.41 Å². The number of rotatable bonds is 7. The Kier molecular flexibility index (Phi) is 5.20. The molecular weight excluding hydrogens is 282 g/mol. The summed E-state index contributed by atoms with van der Waals surface area (Å²) in [6.07, 6.45) is 1.80. The van der Waals surface area contributed by atoms with Gasteiger partial charge in [0.2, 0.25) is 0 Å². The Morgan fingerprint density at radius 3 is 2.67 bits per heavy atom. The number of aliphatic hydroxyl groups is 1. The number of aromatic nitrogens is 1. The lowest BCUT2D eigenvalue weighted by molar-refractivity contribution is 0.248. The van der Waals surface area contributed by atoms with Crippen LogP contribution in [0.5, 0.6) is 0 Å². The van der Waals surface area contributed by atoms with Crippen molar-refractivity contribution in [1.29, 1.82) is 0 Å². The van der Waals surface area contributed by atoms with E-state index in [2.05, 4.69) is 23.5 Å². The number of nitrogens with one attached hydrogen (secondary N) is 1. The van der Waals surface area contributed by atoms with Crippen molar-refractivity contribution in [2.24, 2.45) is 5.41 Å². The van der Waals surface area contributed by atoms with Crippen LogP contribution in [0.3, 0.4) is 0 Å². The van der Waals surface area contributed by atoms with E-state index in [0.717, 1.165) is 35.5 Å². The third-order valence-electron chi connectivity index (χ3n) is 3.52. The number of nitrogens with two attached hydrogens (primary N) is 1. The largest absolute Gasteiger partial charge is 0.396 e. The molecule has 0 unspecified atom stereocenters. The van der Waals surface area contributed by atoms with Crippen LogP contribution in [0.15, 0.2) is 30.3 Å². The highest BCUT2D eigenvalue weighted by molar-refractivity contribution is 7.11. The van der Waals surface area contributed by atoms with Crippen LogP contribution in [-0.2, 0) is 0 Å². The highest BCUT2D eigenvalue weighted by Crippen LogP contribution is 2.37. The topological polar surface area (TPSA) is 71.2 Å². The molecule has 1 aromatic carbocycles. The van der Waals surface area contributed by atoms with E-state index in [0.29, 0.717) is 5.82 Å². The van der Waals surface area contributed by atoms with Crippen molar-refractivity contribution in [3.05, 3.63) is 30.3 Å². The molecule has 5 heteroatoms. The van der Waals surface area contributed by atoms with Gasteiger partial charge in [0.1, 0.15) is 10.8 Å². The van der Waals surface area contributed by atoms with Crippen molar-refractivity contribution in [3.63, 3.8) is 0 Å². The number of nitrogen functional groups attached to an aromatic ring is 1. The van der Waals surface area contributed by atoms with E-state index in [9.17, 15) is 0 Å². The molecule has 0 bridgehead atoms. The summed E-state index contributed by atoms with van der Waals surface area (Å²) in [5.74, 6) is 0.571. The smallest absolute Gasteiger partial charge is 0.147 e. The predicted octanol–water partition coefficient (Wildman–Crippen LogP) is 3.60. The molecular formula is C16H23N3OS. The zero-order valence-electron chi connectivity index (χ0n) is 12.6. The summed E-state index contributed by atoms with van der Waals surface area (Å²) < 4.78 is 4.27. The minimum absolute atomic E-state index is 0.120. The number of hydrogen-bond acceptors (Lipinski definition) is 5. The van der Waals surface area contributed by atoms with Crippen molar-refractivity contribution in [2.45, 2.75) is 26.7 Å². The monoisotopic (exact) mass is 305 g/mol. The van der Waals surface area contributed by atoms with Crippen molar-refractivity contribution in [1.82, 2.24) is 4.37 Å². The summed E-state index contributed by atoms with van der Waals surface area (Å²) in [5.41, 5.74) is 8.21. The van der Waals surface area contributed by atoms with Crippen LogP contribution in [0.25, 0.3) is 11.1 Å². The first-order valence-electron chi connectivity index (χ1n) is 7.19. The van der Waals surface area contributed by atoms with E-state index in [1.165, 1.54) is 11.5 Å². The Bertz CT molecular complexity index is 566. The van der Waals surface area contributed by atoms with E-state index in [1.54, 1.807) is 0 Å². The normalized spacial score (nSPS) is 11.6. The minimum Gasteiger partial charge on any atom is -0.396 e. The van der Waals surface area contributed by atoms with Gasteiger partial charge in [0.15, 0.2) is 0 Å². The number of aliphatic hydroxyl groups excluding tert-OH is 1. The summed E-state index contributed by atoms with van der Waals surface area (Å²) in [5, 5.41) is 13.5. The van der Waals surface area contributed by atoms with Gasteiger partial charge in [-0.2, -0.15) is 4.37 Å². The Morgan fingerprint density at radius 1 is 1.29 bits per heavy atom. The third-order valence-corrected chi connectivity index (χ3v) is 4.34. The third kappa shape index (κ3) is 4.19. The maximum Gasteiger partial charge on any atom is 0.147 e. The van der Waals surface area contributed by atoms with E-state index in [4.69, 9.17) is 10.8 Å². The molecule has 2 rings (SSSR count). The van der Waals surface area contributed by atoms with Gasteiger partial charge in [-0.3, -0.25) is 0 Å². The molecule has 114 valence electrons. The van der Waals surface area contributed by atoms with Gasteiger partial charge in [0.25, 0.3) is 0 Å². The van der Waals surface area contributed by atoms with Gasteiger partial charge in [0, 0.05) is 13.2 Å². The van der Waals surface area contributed by atoms with Gasteiger partial charge in [-0.25, -0.2) is 0 Å². The Morgan fingerprint density at radius 2 is 2.00 bits per heavy atom.